The van der Waals surface area contributed by atoms with Crippen LogP contribution in [0.25, 0.3) is 11.3 Å². The van der Waals surface area contributed by atoms with Gasteiger partial charge in [-0.3, -0.25) is 0 Å². The van der Waals surface area contributed by atoms with Crippen LogP contribution >= 0.6 is 0 Å². The van der Waals surface area contributed by atoms with Crippen LogP contribution in [0.2, 0.25) is 0 Å². The number of nitrogens with zero attached hydrogens (tertiary/aromatic N) is 1. The van der Waals surface area contributed by atoms with E-state index in [1.54, 1.807) is 4.90 Å². The first-order valence-corrected chi connectivity index (χ1v) is 6.76. The molecule has 2 aromatic rings. The molecular formula is C15H19N2O+. The van der Waals surface area contributed by atoms with E-state index in [4.69, 9.17) is 4.52 Å². The van der Waals surface area contributed by atoms with Crippen molar-refractivity contribution >= 4 is 0 Å². The monoisotopic (exact) mass is 243 g/mol. The van der Waals surface area contributed by atoms with Crippen LogP contribution in [0.3, 0.4) is 0 Å². The van der Waals surface area contributed by atoms with E-state index in [0.29, 0.717) is 0 Å². The molecule has 2 heterocycles. The SMILES string of the molecule is c1ccc(-c2cc(C[NH+]3CCCCC3)no2)cc1. The largest absolute Gasteiger partial charge is 0.356 e. The van der Waals surface area contributed by atoms with Crippen LogP contribution in [0.5, 0.6) is 0 Å². The van der Waals surface area contributed by atoms with Gasteiger partial charge in [-0.1, -0.05) is 35.5 Å². The molecular weight excluding hydrogens is 224 g/mol. The van der Waals surface area contributed by atoms with Crippen molar-refractivity contribution in [1.82, 2.24) is 5.16 Å². The number of aromatic nitrogens is 1. The van der Waals surface area contributed by atoms with Gasteiger partial charge in [-0.05, 0) is 19.3 Å². The summed E-state index contributed by atoms with van der Waals surface area (Å²) < 4.78 is 5.43. The molecule has 0 atom stereocenters. The summed E-state index contributed by atoms with van der Waals surface area (Å²) in [6.45, 7) is 3.54. The number of hydrogen-bond acceptors (Lipinski definition) is 2. The van der Waals surface area contributed by atoms with E-state index in [1.807, 2.05) is 18.2 Å². The van der Waals surface area contributed by atoms with Gasteiger partial charge in [-0.2, -0.15) is 0 Å². The topological polar surface area (TPSA) is 30.5 Å². The third-order valence-corrected chi connectivity index (χ3v) is 3.61. The Morgan fingerprint density at radius 2 is 1.83 bits per heavy atom. The highest BCUT2D eigenvalue weighted by atomic mass is 16.5. The van der Waals surface area contributed by atoms with E-state index >= 15 is 0 Å². The van der Waals surface area contributed by atoms with Gasteiger partial charge in [0.2, 0.25) is 0 Å². The van der Waals surface area contributed by atoms with Gasteiger partial charge in [-0.15, -0.1) is 0 Å². The number of nitrogens with one attached hydrogen (secondary N) is 1. The highest BCUT2D eigenvalue weighted by molar-refractivity contribution is 5.56. The summed E-state index contributed by atoms with van der Waals surface area (Å²) in [6, 6.07) is 12.2. The van der Waals surface area contributed by atoms with Crippen molar-refractivity contribution in [2.45, 2.75) is 25.8 Å². The van der Waals surface area contributed by atoms with E-state index < -0.39 is 0 Å². The molecule has 0 amide bonds. The quantitative estimate of drug-likeness (QED) is 0.892. The van der Waals surface area contributed by atoms with Gasteiger partial charge in [0.1, 0.15) is 12.2 Å². The van der Waals surface area contributed by atoms with Crippen LogP contribution < -0.4 is 4.90 Å². The van der Waals surface area contributed by atoms with E-state index in [9.17, 15) is 0 Å². The van der Waals surface area contributed by atoms with Gasteiger partial charge in [0.15, 0.2) is 5.76 Å². The van der Waals surface area contributed by atoms with Crippen LogP contribution in [0.4, 0.5) is 0 Å². The van der Waals surface area contributed by atoms with Crippen LogP contribution in [0.15, 0.2) is 40.9 Å². The first-order valence-electron chi connectivity index (χ1n) is 6.76. The first kappa shape index (κ1) is 11.5. The van der Waals surface area contributed by atoms with E-state index in [2.05, 4.69) is 23.4 Å². The molecule has 18 heavy (non-hydrogen) atoms. The predicted molar refractivity (Wildman–Crippen MR) is 70.2 cm³/mol. The minimum Gasteiger partial charge on any atom is -0.356 e. The molecule has 1 aliphatic rings. The Bertz CT molecular complexity index is 486. The minimum absolute atomic E-state index is 0.877. The highest BCUT2D eigenvalue weighted by Crippen LogP contribution is 2.19. The van der Waals surface area contributed by atoms with Gasteiger partial charge >= 0.3 is 0 Å². The summed E-state index contributed by atoms with van der Waals surface area (Å²) in [7, 11) is 0. The second-order valence-corrected chi connectivity index (χ2v) is 5.04. The Labute approximate surface area is 107 Å². The number of rotatable bonds is 3. The molecule has 0 aliphatic carbocycles. The highest BCUT2D eigenvalue weighted by Gasteiger charge is 2.16. The maximum Gasteiger partial charge on any atom is 0.167 e. The van der Waals surface area contributed by atoms with E-state index in [1.165, 1.54) is 32.4 Å². The number of likely N-dealkylation sites (tertiary alicyclic amines) is 1. The summed E-state index contributed by atoms with van der Waals surface area (Å²) in [5.74, 6) is 0.877. The molecule has 1 saturated heterocycles. The maximum absolute atomic E-state index is 5.43. The third-order valence-electron chi connectivity index (χ3n) is 3.61. The molecule has 0 saturated carbocycles. The van der Waals surface area contributed by atoms with Crippen molar-refractivity contribution in [2.24, 2.45) is 0 Å². The molecule has 3 rings (SSSR count). The summed E-state index contributed by atoms with van der Waals surface area (Å²) in [4.78, 5) is 1.63. The Morgan fingerprint density at radius 3 is 2.61 bits per heavy atom. The summed E-state index contributed by atoms with van der Waals surface area (Å²) >= 11 is 0. The van der Waals surface area contributed by atoms with Gasteiger partial charge in [0.05, 0.1) is 13.1 Å². The maximum atomic E-state index is 5.43. The molecule has 1 aromatic heterocycles. The third kappa shape index (κ3) is 2.62. The zero-order valence-corrected chi connectivity index (χ0v) is 10.6. The predicted octanol–water partition coefficient (Wildman–Crippen LogP) is 1.91. The van der Waals surface area contributed by atoms with Gasteiger partial charge in [0.25, 0.3) is 0 Å². The molecule has 0 spiro atoms. The smallest absolute Gasteiger partial charge is 0.167 e. The lowest BCUT2D eigenvalue weighted by Crippen LogP contribution is -3.11. The molecule has 1 fully saturated rings. The lowest BCUT2D eigenvalue weighted by Gasteiger charge is -2.22. The number of piperidine rings is 1. The van der Waals surface area contributed by atoms with Crippen LogP contribution in [-0.2, 0) is 6.54 Å². The average molecular weight is 243 g/mol. The number of hydrogen-bond donors (Lipinski definition) is 1. The van der Waals surface area contributed by atoms with Gasteiger partial charge in [-0.25, -0.2) is 0 Å². The molecule has 0 unspecified atom stereocenters. The molecule has 1 aliphatic heterocycles. The van der Waals surface area contributed by atoms with Crippen LogP contribution in [0.1, 0.15) is 25.0 Å². The fraction of sp³-hybridized carbons (Fsp3) is 0.400. The summed E-state index contributed by atoms with van der Waals surface area (Å²) in [6.07, 6.45) is 4.08. The van der Waals surface area contributed by atoms with Crippen molar-refractivity contribution in [1.29, 1.82) is 0 Å². The van der Waals surface area contributed by atoms with Crippen LogP contribution in [0, 0.1) is 0 Å². The molecule has 0 bridgehead atoms. The average Bonchev–Trinajstić information content (AvgIpc) is 2.89. The Morgan fingerprint density at radius 1 is 1.06 bits per heavy atom. The molecule has 1 aromatic carbocycles. The van der Waals surface area contributed by atoms with Crippen molar-refractivity contribution in [3.05, 3.63) is 42.1 Å². The van der Waals surface area contributed by atoms with Crippen LogP contribution in [-0.4, -0.2) is 18.2 Å². The fourth-order valence-electron chi connectivity index (χ4n) is 2.62. The molecule has 1 N–H and O–H groups in total. The summed E-state index contributed by atoms with van der Waals surface area (Å²) in [5, 5.41) is 4.19. The second-order valence-electron chi connectivity index (χ2n) is 5.04. The zero-order chi connectivity index (χ0) is 12.2. The van der Waals surface area contributed by atoms with Crippen molar-refractivity contribution in [2.75, 3.05) is 13.1 Å². The summed E-state index contributed by atoms with van der Waals surface area (Å²) in [5.41, 5.74) is 2.18. The van der Waals surface area contributed by atoms with Gasteiger partial charge < -0.3 is 9.42 Å². The van der Waals surface area contributed by atoms with Gasteiger partial charge in [0, 0.05) is 11.6 Å². The number of benzene rings is 1. The second kappa shape index (κ2) is 5.36. The minimum atomic E-state index is 0.877. The van der Waals surface area contributed by atoms with Crippen molar-refractivity contribution in [3.8, 4) is 11.3 Å². The molecule has 94 valence electrons. The standard InChI is InChI=1S/C15H18N2O/c1-3-7-13(8-4-1)15-11-14(16-18-15)12-17-9-5-2-6-10-17/h1,3-4,7-8,11H,2,5-6,9-10,12H2/p+1. The van der Waals surface area contributed by atoms with E-state index in [0.717, 1.165) is 23.6 Å². The van der Waals surface area contributed by atoms with E-state index in [-0.39, 0.29) is 0 Å². The lowest BCUT2D eigenvalue weighted by molar-refractivity contribution is -0.918. The Kier molecular flexibility index (Phi) is 3.42. The lowest BCUT2D eigenvalue weighted by atomic mass is 10.1. The molecule has 0 radical (unpaired) electrons. The normalized spacial score (nSPS) is 16.9. The first-order chi connectivity index (χ1) is 8.92. The molecule has 3 heteroatoms. The fourth-order valence-corrected chi connectivity index (χ4v) is 2.62. The Balaban J connectivity index is 1.69. The zero-order valence-electron chi connectivity index (χ0n) is 10.6. The number of quaternary nitrogens is 1. The molecule has 3 nitrogen and oxygen atoms in total. The Hall–Kier alpha value is -1.61. The van der Waals surface area contributed by atoms with Crippen molar-refractivity contribution < 1.29 is 9.42 Å². The van der Waals surface area contributed by atoms with Crippen molar-refractivity contribution in [3.63, 3.8) is 0 Å².